The van der Waals surface area contributed by atoms with Crippen molar-refractivity contribution in [1.29, 1.82) is 0 Å². The van der Waals surface area contributed by atoms with E-state index in [-0.39, 0.29) is 24.5 Å². The summed E-state index contributed by atoms with van der Waals surface area (Å²) in [6.07, 6.45) is 0. The highest BCUT2D eigenvalue weighted by atomic mass is 16.5. The van der Waals surface area contributed by atoms with E-state index in [1.165, 1.54) is 4.90 Å². The van der Waals surface area contributed by atoms with Crippen LogP contribution in [0.5, 0.6) is 5.75 Å². The lowest BCUT2D eigenvalue weighted by molar-refractivity contribution is -0.140. The molecule has 1 heterocycles. The van der Waals surface area contributed by atoms with E-state index in [1.54, 1.807) is 31.4 Å². The van der Waals surface area contributed by atoms with E-state index in [4.69, 9.17) is 9.47 Å². The number of hydrogen-bond donors (Lipinski definition) is 1. The van der Waals surface area contributed by atoms with Gasteiger partial charge in [0.05, 0.1) is 18.2 Å². The first kappa shape index (κ1) is 26.2. The lowest BCUT2D eigenvalue weighted by Gasteiger charge is -2.25. The molecule has 1 aliphatic rings. The van der Waals surface area contributed by atoms with Gasteiger partial charge in [-0.1, -0.05) is 67.9 Å². The largest absolute Gasteiger partial charge is 0.507 e. The molecule has 3 aromatic carbocycles. The Hall–Kier alpha value is -3.90. The van der Waals surface area contributed by atoms with Gasteiger partial charge in [-0.3, -0.25) is 9.59 Å². The molecule has 1 aliphatic heterocycles. The summed E-state index contributed by atoms with van der Waals surface area (Å²) >= 11 is 0. The normalized spacial score (nSPS) is 17.0. The molecule has 6 heteroatoms. The first-order chi connectivity index (χ1) is 17.8. The van der Waals surface area contributed by atoms with Crippen LogP contribution in [0.3, 0.4) is 0 Å². The van der Waals surface area contributed by atoms with Gasteiger partial charge in [-0.15, -0.1) is 0 Å². The Morgan fingerprint density at radius 3 is 2.32 bits per heavy atom. The highest BCUT2D eigenvalue weighted by molar-refractivity contribution is 6.46. The predicted octanol–water partition coefficient (Wildman–Crippen LogP) is 5.77. The molecule has 0 radical (unpaired) electrons. The minimum atomic E-state index is -0.702. The van der Waals surface area contributed by atoms with Gasteiger partial charge in [-0.05, 0) is 53.8 Å². The first-order valence-electron chi connectivity index (χ1n) is 12.5. The minimum Gasteiger partial charge on any atom is -0.507 e. The Bertz CT molecular complexity index is 1290. The second kappa shape index (κ2) is 11.4. The number of aryl methyl sites for hydroxylation is 1. The second-order valence-corrected chi connectivity index (χ2v) is 9.61. The van der Waals surface area contributed by atoms with Crippen LogP contribution in [-0.2, 0) is 20.9 Å². The van der Waals surface area contributed by atoms with Crippen LogP contribution in [0.15, 0.2) is 78.4 Å². The Balaban J connectivity index is 1.64. The summed E-state index contributed by atoms with van der Waals surface area (Å²) in [5, 5.41) is 11.3. The number of benzene rings is 3. The van der Waals surface area contributed by atoms with E-state index in [1.807, 2.05) is 49.4 Å². The summed E-state index contributed by atoms with van der Waals surface area (Å²) in [7, 11) is 1.55. The maximum Gasteiger partial charge on any atom is 0.295 e. The molecule has 0 aromatic heterocycles. The first-order valence-corrected chi connectivity index (χ1v) is 12.5. The Morgan fingerprint density at radius 2 is 1.70 bits per heavy atom. The molecule has 37 heavy (non-hydrogen) atoms. The summed E-state index contributed by atoms with van der Waals surface area (Å²) in [6, 6.07) is 22.1. The molecule has 3 aromatic rings. The number of hydrogen-bond acceptors (Lipinski definition) is 5. The monoisotopic (exact) mass is 499 g/mol. The maximum atomic E-state index is 13.1. The van der Waals surface area contributed by atoms with Gasteiger partial charge >= 0.3 is 0 Å². The van der Waals surface area contributed by atoms with E-state index in [0.29, 0.717) is 23.8 Å². The summed E-state index contributed by atoms with van der Waals surface area (Å²) in [6.45, 7) is 7.18. The van der Waals surface area contributed by atoms with Crippen molar-refractivity contribution in [2.75, 3.05) is 20.3 Å². The number of amides is 1. The van der Waals surface area contributed by atoms with Crippen LogP contribution in [0.2, 0.25) is 0 Å². The van der Waals surface area contributed by atoms with Crippen LogP contribution in [0.25, 0.3) is 5.76 Å². The number of likely N-dealkylation sites (tertiary alicyclic amines) is 1. The molecule has 0 aliphatic carbocycles. The quantitative estimate of drug-likeness (QED) is 0.230. The van der Waals surface area contributed by atoms with Crippen LogP contribution in [-0.4, -0.2) is 42.0 Å². The lowest BCUT2D eigenvalue weighted by atomic mass is 9.93. The van der Waals surface area contributed by atoms with Crippen molar-refractivity contribution in [3.63, 3.8) is 0 Å². The van der Waals surface area contributed by atoms with Gasteiger partial charge in [0.2, 0.25) is 0 Å². The van der Waals surface area contributed by atoms with Gasteiger partial charge in [0.1, 0.15) is 18.1 Å². The molecule has 4 rings (SSSR count). The van der Waals surface area contributed by atoms with E-state index in [2.05, 4.69) is 19.9 Å². The second-order valence-electron chi connectivity index (χ2n) is 9.61. The van der Waals surface area contributed by atoms with Gasteiger partial charge in [0.25, 0.3) is 11.7 Å². The number of carbonyl (C=O) groups is 2. The van der Waals surface area contributed by atoms with Gasteiger partial charge in [-0.2, -0.15) is 0 Å². The minimum absolute atomic E-state index is 0.0758. The fourth-order valence-corrected chi connectivity index (χ4v) is 4.54. The van der Waals surface area contributed by atoms with Crippen molar-refractivity contribution >= 4 is 17.4 Å². The molecule has 6 nitrogen and oxygen atoms in total. The van der Waals surface area contributed by atoms with Crippen LogP contribution in [0, 0.1) is 6.92 Å². The summed E-state index contributed by atoms with van der Waals surface area (Å²) < 4.78 is 11.1. The zero-order valence-electron chi connectivity index (χ0n) is 21.7. The van der Waals surface area contributed by atoms with Crippen molar-refractivity contribution in [3.8, 4) is 5.75 Å². The van der Waals surface area contributed by atoms with Crippen LogP contribution in [0.1, 0.15) is 53.6 Å². The lowest BCUT2D eigenvalue weighted by Crippen LogP contribution is -2.32. The van der Waals surface area contributed by atoms with E-state index in [0.717, 1.165) is 22.3 Å². The number of aliphatic hydroxyl groups is 1. The summed E-state index contributed by atoms with van der Waals surface area (Å²) in [4.78, 5) is 27.6. The van der Waals surface area contributed by atoms with Gasteiger partial charge < -0.3 is 19.5 Å². The molecule has 1 unspecified atom stereocenters. The zero-order chi connectivity index (χ0) is 26.5. The van der Waals surface area contributed by atoms with E-state index >= 15 is 0 Å². The standard InChI is InChI=1S/C31H33NO5/c1-20(2)23-8-10-24(11-9-23)28-27(30(34)31(35)32(28)16-17-36-4)29(33)25-12-14-26(15-13-25)37-19-22-7-5-6-21(3)18-22/h5-15,18,20,28,33H,16-17,19H2,1-4H3. The smallest absolute Gasteiger partial charge is 0.295 e. The molecule has 0 bridgehead atoms. The number of carbonyl (C=O) groups excluding carboxylic acids is 2. The maximum absolute atomic E-state index is 13.1. The van der Waals surface area contributed by atoms with E-state index in [9.17, 15) is 14.7 Å². The molecule has 0 saturated carbocycles. The number of nitrogens with zero attached hydrogens (tertiary/aromatic N) is 1. The number of methoxy groups -OCH3 is 1. The predicted molar refractivity (Wildman–Crippen MR) is 143 cm³/mol. The summed E-state index contributed by atoms with van der Waals surface area (Å²) in [5.74, 6) is -0.567. The average molecular weight is 500 g/mol. The molecule has 1 N–H and O–H groups in total. The molecule has 1 saturated heterocycles. The van der Waals surface area contributed by atoms with Crippen molar-refractivity contribution < 1.29 is 24.2 Å². The van der Waals surface area contributed by atoms with Crippen molar-refractivity contribution in [1.82, 2.24) is 4.90 Å². The third kappa shape index (κ3) is 5.75. The van der Waals surface area contributed by atoms with Gasteiger partial charge in [0, 0.05) is 19.2 Å². The third-order valence-corrected chi connectivity index (χ3v) is 6.61. The van der Waals surface area contributed by atoms with Crippen molar-refractivity contribution in [2.45, 2.75) is 39.3 Å². The number of rotatable bonds is 9. The number of aliphatic hydroxyl groups excluding tert-OH is 1. The van der Waals surface area contributed by atoms with Crippen LogP contribution in [0.4, 0.5) is 0 Å². The molecule has 1 amide bonds. The van der Waals surface area contributed by atoms with Crippen LogP contribution >= 0.6 is 0 Å². The highest BCUT2D eigenvalue weighted by Crippen LogP contribution is 2.39. The zero-order valence-corrected chi connectivity index (χ0v) is 21.7. The fraction of sp³-hybridized carbons (Fsp3) is 0.290. The number of Topliss-reactive ketones (excluding diaryl/α,β-unsaturated/α-hetero) is 1. The van der Waals surface area contributed by atoms with E-state index < -0.39 is 17.7 Å². The fourth-order valence-electron chi connectivity index (χ4n) is 4.54. The molecule has 0 spiro atoms. The van der Waals surface area contributed by atoms with Crippen molar-refractivity contribution in [2.24, 2.45) is 0 Å². The highest BCUT2D eigenvalue weighted by Gasteiger charge is 2.45. The number of ketones is 1. The number of ether oxygens (including phenoxy) is 2. The molecule has 1 atom stereocenters. The Kier molecular flexibility index (Phi) is 8.09. The van der Waals surface area contributed by atoms with Gasteiger partial charge in [-0.25, -0.2) is 0 Å². The van der Waals surface area contributed by atoms with Crippen LogP contribution < -0.4 is 4.74 Å². The topological polar surface area (TPSA) is 76.1 Å². The molecular weight excluding hydrogens is 466 g/mol. The Labute approximate surface area is 218 Å². The SMILES string of the molecule is COCCN1C(=O)C(=O)C(=C(O)c2ccc(OCc3cccc(C)c3)cc2)C1c1ccc(C(C)C)cc1. The van der Waals surface area contributed by atoms with Gasteiger partial charge in [0.15, 0.2) is 0 Å². The molecule has 1 fully saturated rings. The molecular formula is C31H33NO5. The Morgan fingerprint density at radius 1 is 1.00 bits per heavy atom. The summed E-state index contributed by atoms with van der Waals surface area (Å²) in [5.41, 5.74) is 4.66. The third-order valence-electron chi connectivity index (χ3n) is 6.61. The molecule has 192 valence electrons. The van der Waals surface area contributed by atoms with Crippen molar-refractivity contribution in [3.05, 3.63) is 106 Å². The average Bonchev–Trinajstić information content (AvgIpc) is 3.15.